The summed E-state index contributed by atoms with van der Waals surface area (Å²) < 4.78 is 5.78. The molecule has 0 bridgehead atoms. The summed E-state index contributed by atoms with van der Waals surface area (Å²) in [5, 5.41) is 4.08. The lowest BCUT2D eigenvalue weighted by atomic mass is 9.96. The van der Waals surface area contributed by atoms with E-state index in [1.165, 1.54) is 0 Å². The molecule has 1 fully saturated rings. The summed E-state index contributed by atoms with van der Waals surface area (Å²) in [7, 11) is 0. The Labute approximate surface area is 159 Å². The predicted octanol–water partition coefficient (Wildman–Crippen LogP) is 3.78. The lowest BCUT2D eigenvalue weighted by Crippen LogP contribution is -2.40. The molecule has 0 saturated carbocycles. The number of amides is 1. The number of rotatable bonds is 7. The maximum Gasteiger partial charge on any atom is 0.223 e. The van der Waals surface area contributed by atoms with Gasteiger partial charge in [-0.2, -0.15) is 0 Å². The van der Waals surface area contributed by atoms with Gasteiger partial charge in [-0.3, -0.25) is 4.79 Å². The van der Waals surface area contributed by atoms with Crippen LogP contribution in [-0.2, 0) is 11.2 Å². The van der Waals surface area contributed by atoms with Gasteiger partial charge in [0.2, 0.25) is 5.91 Å². The van der Waals surface area contributed by atoms with E-state index in [-0.39, 0.29) is 5.91 Å². The largest absolute Gasteiger partial charge is 0.441 e. The molecular formula is C20H26ClN3O2. The van der Waals surface area contributed by atoms with Gasteiger partial charge in [-0.1, -0.05) is 18.5 Å². The Kier molecular flexibility index (Phi) is 6.69. The van der Waals surface area contributed by atoms with E-state index in [0.717, 1.165) is 44.6 Å². The molecule has 1 amide bonds. The van der Waals surface area contributed by atoms with Crippen LogP contribution in [0.2, 0.25) is 5.02 Å². The average Bonchev–Trinajstić information content (AvgIpc) is 3.14. The Morgan fingerprint density at radius 1 is 1.31 bits per heavy atom. The van der Waals surface area contributed by atoms with Gasteiger partial charge < -0.3 is 14.6 Å². The highest BCUT2D eigenvalue weighted by molar-refractivity contribution is 6.30. The minimum Gasteiger partial charge on any atom is -0.441 e. The van der Waals surface area contributed by atoms with E-state index in [1.54, 1.807) is 6.20 Å². The van der Waals surface area contributed by atoms with Crippen molar-refractivity contribution < 1.29 is 9.21 Å². The third-order valence-corrected chi connectivity index (χ3v) is 5.14. The first-order chi connectivity index (χ1) is 12.7. The summed E-state index contributed by atoms with van der Waals surface area (Å²) in [5.41, 5.74) is 0.933. The quantitative estimate of drug-likeness (QED) is 0.800. The maximum absolute atomic E-state index is 12.4. The minimum absolute atomic E-state index is 0.193. The van der Waals surface area contributed by atoms with Gasteiger partial charge in [0, 0.05) is 36.5 Å². The Morgan fingerprint density at radius 3 is 2.73 bits per heavy atom. The molecule has 2 aromatic rings. The zero-order valence-corrected chi connectivity index (χ0v) is 16.0. The smallest absolute Gasteiger partial charge is 0.223 e. The molecule has 0 aliphatic carbocycles. The van der Waals surface area contributed by atoms with Crippen LogP contribution in [0.15, 0.2) is 34.9 Å². The van der Waals surface area contributed by atoms with E-state index in [4.69, 9.17) is 16.0 Å². The number of oxazole rings is 1. The normalized spacial score (nSPS) is 15.4. The number of likely N-dealkylation sites (tertiary alicyclic amines) is 1. The second-order valence-electron chi connectivity index (χ2n) is 6.76. The van der Waals surface area contributed by atoms with E-state index in [1.807, 2.05) is 29.2 Å². The number of nitrogens with one attached hydrogen (secondary N) is 1. The van der Waals surface area contributed by atoms with Crippen molar-refractivity contribution in [1.82, 2.24) is 15.2 Å². The first-order valence-corrected chi connectivity index (χ1v) is 9.72. The van der Waals surface area contributed by atoms with E-state index >= 15 is 0 Å². The number of piperidine rings is 1. The summed E-state index contributed by atoms with van der Waals surface area (Å²) in [5.74, 6) is 2.18. The van der Waals surface area contributed by atoms with Crippen LogP contribution in [0.25, 0.3) is 11.3 Å². The van der Waals surface area contributed by atoms with Crippen LogP contribution < -0.4 is 5.32 Å². The molecule has 140 valence electrons. The summed E-state index contributed by atoms with van der Waals surface area (Å²) in [6, 6.07) is 7.44. The number of hydrogen-bond donors (Lipinski definition) is 1. The number of aromatic nitrogens is 1. The standard InChI is InChI=1S/C20H26ClN3O2/c1-2-22-13-15-9-11-24(12-10-15)20(25)8-7-19-23-14-18(26-19)16-3-5-17(21)6-4-16/h3-6,14-15,22H,2,7-13H2,1H3. The van der Waals surface area contributed by atoms with Crippen molar-refractivity contribution in [2.24, 2.45) is 5.92 Å². The van der Waals surface area contributed by atoms with E-state index < -0.39 is 0 Å². The van der Waals surface area contributed by atoms with Crippen LogP contribution in [0.3, 0.4) is 0 Å². The molecule has 1 aromatic heterocycles. The molecule has 0 radical (unpaired) electrons. The first kappa shape index (κ1) is 18.9. The van der Waals surface area contributed by atoms with Crippen molar-refractivity contribution in [3.05, 3.63) is 41.4 Å². The van der Waals surface area contributed by atoms with Crippen LogP contribution in [0.4, 0.5) is 0 Å². The number of carbonyl (C=O) groups excluding carboxylic acids is 1. The van der Waals surface area contributed by atoms with Crippen molar-refractivity contribution in [2.75, 3.05) is 26.2 Å². The minimum atomic E-state index is 0.193. The Balaban J connectivity index is 1.46. The molecule has 26 heavy (non-hydrogen) atoms. The lowest BCUT2D eigenvalue weighted by molar-refractivity contribution is -0.132. The summed E-state index contributed by atoms with van der Waals surface area (Å²) in [4.78, 5) is 18.7. The van der Waals surface area contributed by atoms with Gasteiger partial charge in [0.15, 0.2) is 11.7 Å². The van der Waals surface area contributed by atoms with Crippen molar-refractivity contribution in [3.63, 3.8) is 0 Å². The molecule has 3 rings (SSSR count). The van der Waals surface area contributed by atoms with Gasteiger partial charge in [-0.05, 0) is 56.1 Å². The second-order valence-corrected chi connectivity index (χ2v) is 7.19. The third-order valence-electron chi connectivity index (χ3n) is 4.89. The average molecular weight is 376 g/mol. The molecule has 1 aliphatic heterocycles. The Bertz CT molecular complexity index is 706. The van der Waals surface area contributed by atoms with Crippen LogP contribution in [-0.4, -0.2) is 42.0 Å². The summed E-state index contributed by atoms with van der Waals surface area (Å²) in [6.45, 7) is 5.91. The number of carbonyl (C=O) groups is 1. The summed E-state index contributed by atoms with van der Waals surface area (Å²) >= 11 is 5.90. The van der Waals surface area contributed by atoms with Crippen LogP contribution in [0.1, 0.15) is 32.1 Å². The van der Waals surface area contributed by atoms with Crippen LogP contribution in [0, 0.1) is 5.92 Å². The highest BCUT2D eigenvalue weighted by atomic mass is 35.5. The fourth-order valence-corrected chi connectivity index (χ4v) is 3.41. The molecule has 0 atom stereocenters. The van der Waals surface area contributed by atoms with E-state index in [2.05, 4.69) is 17.2 Å². The number of aryl methyl sites for hydroxylation is 1. The third kappa shape index (κ3) is 5.08. The van der Waals surface area contributed by atoms with Crippen molar-refractivity contribution in [3.8, 4) is 11.3 Å². The highest BCUT2D eigenvalue weighted by Gasteiger charge is 2.22. The van der Waals surface area contributed by atoms with E-state index in [0.29, 0.717) is 35.4 Å². The maximum atomic E-state index is 12.4. The number of hydrogen-bond acceptors (Lipinski definition) is 4. The number of benzene rings is 1. The molecule has 5 nitrogen and oxygen atoms in total. The molecule has 1 N–H and O–H groups in total. The topological polar surface area (TPSA) is 58.4 Å². The van der Waals surface area contributed by atoms with Gasteiger partial charge in [0.05, 0.1) is 6.20 Å². The fourth-order valence-electron chi connectivity index (χ4n) is 3.28. The zero-order chi connectivity index (χ0) is 18.4. The Hall–Kier alpha value is -1.85. The molecule has 1 aromatic carbocycles. The predicted molar refractivity (Wildman–Crippen MR) is 103 cm³/mol. The van der Waals surface area contributed by atoms with Gasteiger partial charge >= 0.3 is 0 Å². The number of halogens is 1. The van der Waals surface area contributed by atoms with Gasteiger partial charge in [-0.25, -0.2) is 4.98 Å². The molecule has 0 unspecified atom stereocenters. The van der Waals surface area contributed by atoms with Gasteiger partial charge in [0.25, 0.3) is 0 Å². The Morgan fingerprint density at radius 2 is 2.04 bits per heavy atom. The monoisotopic (exact) mass is 375 g/mol. The van der Waals surface area contributed by atoms with Crippen LogP contribution >= 0.6 is 11.6 Å². The van der Waals surface area contributed by atoms with Gasteiger partial charge in [-0.15, -0.1) is 0 Å². The lowest BCUT2D eigenvalue weighted by Gasteiger charge is -2.32. The zero-order valence-electron chi connectivity index (χ0n) is 15.2. The molecule has 6 heteroatoms. The van der Waals surface area contributed by atoms with E-state index in [9.17, 15) is 4.79 Å². The summed E-state index contributed by atoms with van der Waals surface area (Å²) in [6.07, 6.45) is 4.84. The molecule has 1 aliphatic rings. The van der Waals surface area contributed by atoms with Crippen molar-refractivity contribution in [1.29, 1.82) is 0 Å². The van der Waals surface area contributed by atoms with Gasteiger partial charge in [0.1, 0.15) is 0 Å². The fraction of sp³-hybridized carbons (Fsp3) is 0.500. The molecule has 2 heterocycles. The van der Waals surface area contributed by atoms with Crippen molar-refractivity contribution in [2.45, 2.75) is 32.6 Å². The molecule has 0 spiro atoms. The number of nitrogens with zero attached hydrogens (tertiary/aromatic N) is 2. The van der Waals surface area contributed by atoms with Crippen molar-refractivity contribution >= 4 is 17.5 Å². The van der Waals surface area contributed by atoms with Crippen LogP contribution in [0.5, 0.6) is 0 Å². The highest BCUT2D eigenvalue weighted by Crippen LogP contribution is 2.23. The SMILES string of the molecule is CCNCC1CCN(C(=O)CCc2ncc(-c3ccc(Cl)cc3)o2)CC1. The molecular weight excluding hydrogens is 350 g/mol. The first-order valence-electron chi connectivity index (χ1n) is 9.35. The second kappa shape index (κ2) is 9.19. The molecule has 1 saturated heterocycles.